The Kier molecular flexibility index (Phi) is 3.59. The van der Waals surface area contributed by atoms with Crippen molar-refractivity contribution in [3.05, 3.63) is 51.6 Å². The fraction of sp³-hybridized carbons (Fsp3) is 0.200. The zero-order chi connectivity index (χ0) is 15.0. The molecule has 0 atom stereocenters. The molecule has 0 aliphatic carbocycles. The molecule has 6 heteroatoms. The van der Waals surface area contributed by atoms with E-state index >= 15 is 0 Å². The number of thiophene rings is 1. The third-order valence-corrected chi connectivity index (χ3v) is 5.01. The fourth-order valence-corrected chi connectivity index (χ4v) is 3.35. The lowest BCUT2D eigenvalue weighted by molar-refractivity contribution is 0.333. The van der Waals surface area contributed by atoms with Crippen LogP contribution in [0.25, 0.3) is 10.7 Å². The Morgan fingerprint density at radius 3 is 2.48 bits per heavy atom. The van der Waals surface area contributed by atoms with E-state index in [-0.39, 0.29) is 5.41 Å². The number of rotatable bonds is 3. The maximum absolute atomic E-state index is 5.74. The number of nitrogens with zero attached hydrogens (tertiary/aromatic N) is 2. The Balaban J connectivity index is 1.96. The number of hydrogen-bond donors (Lipinski definition) is 1. The van der Waals surface area contributed by atoms with Crippen LogP contribution in [0.15, 0.2) is 44.7 Å². The van der Waals surface area contributed by atoms with E-state index in [9.17, 15) is 0 Å². The summed E-state index contributed by atoms with van der Waals surface area (Å²) < 4.78 is 6.52. The molecule has 108 valence electrons. The van der Waals surface area contributed by atoms with Gasteiger partial charge in [-0.2, -0.15) is 4.98 Å². The molecule has 21 heavy (non-hydrogen) atoms. The van der Waals surface area contributed by atoms with Crippen LogP contribution in [0.4, 0.5) is 5.69 Å². The minimum absolute atomic E-state index is 0.368. The van der Waals surface area contributed by atoms with Crippen LogP contribution in [-0.2, 0) is 5.41 Å². The topological polar surface area (TPSA) is 64.9 Å². The van der Waals surface area contributed by atoms with E-state index in [0.717, 1.165) is 19.9 Å². The predicted octanol–water partition coefficient (Wildman–Crippen LogP) is 4.47. The van der Waals surface area contributed by atoms with Crippen LogP contribution in [0.2, 0.25) is 0 Å². The molecule has 2 aromatic heterocycles. The molecule has 0 fully saturated rings. The normalized spacial score (nSPS) is 11.8. The van der Waals surface area contributed by atoms with Crippen LogP contribution in [0, 0.1) is 0 Å². The quantitative estimate of drug-likeness (QED) is 0.697. The fourth-order valence-electron chi connectivity index (χ4n) is 2.04. The van der Waals surface area contributed by atoms with Crippen LogP contribution in [-0.4, -0.2) is 10.1 Å². The molecule has 0 amide bonds. The smallest absolute Gasteiger partial charge is 0.237 e. The number of aromatic nitrogens is 2. The van der Waals surface area contributed by atoms with E-state index in [4.69, 9.17) is 10.3 Å². The van der Waals surface area contributed by atoms with Gasteiger partial charge in [-0.15, -0.1) is 11.3 Å². The monoisotopic (exact) mass is 363 g/mol. The third-order valence-electron chi connectivity index (χ3n) is 3.39. The molecule has 0 unspecified atom stereocenters. The first-order valence-electron chi connectivity index (χ1n) is 6.43. The zero-order valence-electron chi connectivity index (χ0n) is 11.6. The molecule has 3 aromatic rings. The first-order chi connectivity index (χ1) is 9.96. The number of anilines is 1. The number of benzene rings is 1. The number of hydrogen-bond acceptors (Lipinski definition) is 5. The zero-order valence-corrected chi connectivity index (χ0v) is 14.0. The Morgan fingerprint density at radius 1 is 1.14 bits per heavy atom. The van der Waals surface area contributed by atoms with Crippen LogP contribution in [0.3, 0.4) is 0 Å². The third kappa shape index (κ3) is 2.73. The highest BCUT2D eigenvalue weighted by Gasteiger charge is 2.30. The van der Waals surface area contributed by atoms with Crippen LogP contribution in [0.1, 0.15) is 25.3 Å². The second kappa shape index (κ2) is 5.27. The van der Waals surface area contributed by atoms with Gasteiger partial charge in [0.2, 0.25) is 11.7 Å². The van der Waals surface area contributed by atoms with Gasteiger partial charge in [0.15, 0.2) is 0 Å². The maximum atomic E-state index is 5.74. The van der Waals surface area contributed by atoms with E-state index in [1.54, 1.807) is 11.3 Å². The van der Waals surface area contributed by atoms with E-state index in [0.29, 0.717) is 11.7 Å². The molecular formula is C15H14BrN3OS. The van der Waals surface area contributed by atoms with E-state index in [1.807, 2.05) is 36.4 Å². The molecule has 2 N–H and O–H groups in total. The van der Waals surface area contributed by atoms with Gasteiger partial charge in [0.25, 0.3) is 0 Å². The molecule has 0 saturated carbocycles. The van der Waals surface area contributed by atoms with Crippen molar-refractivity contribution in [1.82, 2.24) is 10.1 Å². The van der Waals surface area contributed by atoms with Gasteiger partial charge in [-0.3, -0.25) is 0 Å². The van der Waals surface area contributed by atoms with Gasteiger partial charge in [0, 0.05) is 5.69 Å². The molecule has 0 bridgehead atoms. The first kappa shape index (κ1) is 14.3. The highest BCUT2D eigenvalue weighted by atomic mass is 79.9. The summed E-state index contributed by atoms with van der Waals surface area (Å²) in [4.78, 5) is 5.52. The SMILES string of the molecule is CC(C)(c1ccc(N)cc1)c1nc(-c2ccc(Br)s2)no1. The van der Waals surface area contributed by atoms with Crippen LogP contribution >= 0.6 is 27.3 Å². The van der Waals surface area contributed by atoms with Crippen molar-refractivity contribution >= 4 is 33.0 Å². The van der Waals surface area contributed by atoms with Crippen molar-refractivity contribution < 1.29 is 4.52 Å². The van der Waals surface area contributed by atoms with Gasteiger partial charge in [-0.1, -0.05) is 17.3 Å². The summed E-state index contributed by atoms with van der Waals surface area (Å²) in [6.45, 7) is 4.11. The number of nitrogen functional groups attached to an aromatic ring is 1. The van der Waals surface area contributed by atoms with Gasteiger partial charge in [-0.05, 0) is 59.6 Å². The van der Waals surface area contributed by atoms with E-state index in [1.165, 1.54) is 0 Å². The summed E-state index contributed by atoms with van der Waals surface area (Å²) in [5.74, 6) is 1.20. The van der Waals surface area contributed by atoms with Crippen LogP contribution < -0.4 is 5.73 Å². The van der Waals surface area contributed by atoms with Crippen LogP contribution in [0.5, 0.6) is 0 Å². The molecule has 3 rings (SSSR count). The minimum Gasteiger partial charge on any atom is -0.399 e. The summed E-state index contributed by atoms with van der Waals surface area (Å²) >= 11 is 5.02. The Bertz CT molecular complexity index is 761. The molecule has 0 spiro atoms. The molecule has 0 radical (unpaired) electrons. The van der Waals surface area contributed by atoms with Crippen molar-refractivity contribution in [2.45, 2.75) is 19.3 Å². The van der Waals surface area contributed by atoms with Gasteiger partial charge < -0.3 is 10.3 Å². The second-order valence-corrected chi connectivity index (χ2v) is 7.74. The minimum atomic E-state index is -0.368. The lowest BCUT2D eigenvalue weighted by atomic mass is 9.84. The summed E-state index contributed by atoms with van der Waals surface area (Å²) in [7, 11) is 0. The largest absolute Gasteiger partial charge is 0.399 e. The molecular weight excluding hydrogens is 350 g/mol. The standard InChI is InChI=1S/C15H14BrN3OS/c1-15(2,9-3-5-10(17)6-4-9)14-18-13(19-20-14)11-7-8-12(16)21-11/h3-8H,17H2,1-2H3. The highest BCUT2D eigenvalue weighted by Crippen LogP contribution is 2.34. The molecule has 1 aromatic carbocycles. The van der Waals surface area contributed by atoms with E-state index in [2.05, 4.69) is 39.9 Å². The predicted molar refractivity (Wildman–Crippen MR) is 88.3 cm³/mol. The average Bonchev–Trinajstić information content (AvgIpc) is 3.08. The van der Waals surface area contributed by atoms with Gasteiger partial charge in [-0.25, -0.2) is 0 Å². The lowest BCUT2D eigenvalue weighted by Crippen LogP contribution is -2.19. The van der Waals surface area contributed by atoms with E-state index < -0.39 is 0 Å². The number of halogens is 1. The molecule has 4 nitrogen and oxygen atoms in total. The molecule has 0 aliphatic heterocycles. The number of nitrogens with two attached hydrogens (primary N) is 1. The summed E-state index contributed by atoms with van der Waals surface area (Å²) in [5.41, 5.74) is 7.19. The van der Waals surface area contributed by atoms with Crippen molar-refractivity contribution in [2.24, 2.45) is 0 Å². The molecule has 0 saturated heterocycles. The molecule has 2 heterocycles. The Morgan fingerprint density at radius 2 is 1.86 bits per heavy atom. The summed E-state index contributed by atoms with van der Waals surface area (Å²) in [6, 6.07) is 11.7. The average molecular weight is 364 g/mol. The highest BCUT2D eigenvalue weighted by molar-refractivity contribution is 9.11. The van der Waals surface area contributed by atoms with Gasteiger partial charge in [0.1, 0.15) is 0 Å². The van der Waals surface area contributed by atoms with Gasteiger partial charge >= 0.3 is 0 Å². The van der Waals surface area contributed by atoms with Crippen molar-refractivity contribution in [3.8, 4) is 10.7 Å². The molecule has 0 aliphatic rings. The van der Waals surface area contributed by atoms with Gasteiger partial charge in [0.05, 0.1) is 14.1 Å². The van der Waals surface area contributed by atoms with Crippen molar-refractivity contribution in [1.29, 1.82) is 0 Å². The Labute approximate surface area is 135 Å². The Hall–Kier alpha value is -1.66. The lowest BCUT2D eigenvalue weighted by Gasteiger charge is -2.20. The second-order valence-electron chi connectivity index (χ2n) is 5.27. The summed E-state index contributed by atoms with van der Waals surface area (Å²) in [5, 5.41) is 4.09. The van der Waals surface area contributed by atoms with Crippen molar-refractivity contribution in [3.63, 3.8) is 0 Å². The maximum Gasteiger partial charge on any atom is 0.237 e. The summed E-state index contributed by atoms with van der Waals surface area (Å²) in [6.07, 6.45) is 0. The van der Waals surface area contributed by atoms with Crippen molar-refractivity contribution in [2.75, 3.05) is 5.73 Å². The first-order valence-corrected chi connectivity index (χ1v) is 8.03.